The third-order valence-electron chi connectivity index (χ3n) is 5.55. The fraction of sp³-hybridized carbons (Fsp3) is 0.875. The first-order valence-electron chi connectivity index (χ1n) is 11.9. The molecule has 2 aliphatic rings. The molecule has 162 valence electrons. The summed E-state index contributed by atoms with van der Waals surface area (Å²) in [5.74, 6) is -0.0675. The summed E-state index contributed by atoms with van der Waals surface area (Å²) in [5.41, 5.74) is 0. The number of epoxide rings is 2. The van der Waals surface area contributed by atoms with E-state index < -0.39 is 0 Å². The van der Waals surface area contributed by atoms with Crippen molar-refractivity contribution < 1.29 is 19.0 Å². The summed E-state index contributed by atoms with van der Waals surface area (Å²) in [6.45, 7) is 2.21. The molecule has 2 rings (SSSR count). The molecule has 2 atom stereocenters. The van der Waals surface area contributed by atoms with Gasteiger partial charge in [0.2, 0.25) is 0 Å². The summed E-state index contributed by atoms with van der Waals surface area (Å²) >= 11 is 0. The van der Waals surface area contributed by atoms with Gasteiger partial charge in [-0.3, -0.25) is 4.79 Å². The van der Waals surface area contributed by atoms with E-state index in [1.807, 2.05) is 0 Å². The molecular formula is C24H42O4. The number of hydrogen-bond acceptors (Lipinski definition) is 4. The van der Waals surface area contributed by atoms with Crippen LogP contribution in [0.15, 0.2) is 12.2 Å². The normalized spacial score (nSPS) is 20.6. The molecule has 0 aromatic heterocycles. The minimum Gasteiger partial charge on any atom is -0.463 e. The minimum absolute atomic E-state index is 0.0675. The summed E-state index contributed by atoms with van der Waals surface area (Å²) in [5, 5.41) is 0. The largest absolute Gasteiger partial charge is 0.463 e. The minimum atomic E-state index is -0.0675. The van der Waals surface area contributed by atoms with Crippen LogP contribution in [0.2, 0.25) is 0 Å². The van der Waals surface area contributed by atoms with Crippen LogP contribution in [-0.4, -0.2) is 38.0 Å². The number of ether oxygens (including phenoxy) is 3. The molecular weight excluding hydrogens is 352 g/mol. The molecule has 0 saturated carbocycles. The molecule has 0 bridgehead atoms. The van der Waals surface area contributed by atoms with Gasteiger partial charge < -0.3 is 14.2 Å². The van der Waals surface area contributed by atoms with Crippen molar-refractivity contribution >= 4 is 5.97 Å². The Morgan fingerprint density at radius 1 is 0.714 bits per heavy atom. The fourth-order valence-corrected chi connectivity index (χ4v) is 3.47. The summed E-state index contributed by atoms with van der Waals surface area (Å²) < 4.78 is 15.4. The summed E-state index contributed by atoms with van der Waals surface area (Å²) in [7, 11) is 0. The zero-order valence-corrected chi connectivity index (χ0v) is 17.9. The van der Waals surface area contributed by atoms with E-state index in [0.717, 1.165) is 26.1 Å². The lowest BCUT2D eigenvalue weighted by Gasteiger charge is -2.03. The Bertz CT molecular complexity index is 413. The second-order valence-electron chi connectivity index (χ2n) is 8.42. The van der Waals surface area contributed by atoms with E-state index >= 15 is 0 Å². The van der Waals surface area contributed by atoms with Crippen molar-refractivity contribution in [2.45, 2.75) is 115 Å². The Morgan fingerprint density at radius 3 is 1.79 bits per heavy atom. The predicted molar refractivity (Wildman–Crippen MR) is 113 cm³/mol. The smallest absolute Gasteiger partial charge is 0.305 e. The molecule has 0 amide bonds. The van der Waals surface area contributed by atoms with Crippen LogP contribution in [0.1, 0.15) is 103 Å². The second kappa shape index (κ2) is 16.0. The number of hydrogen-bond donors (Lipinski definition) is 0. The van der Waals surface area contributed by atoms with Crippen LogP contribution in [0, 0.1) is 0 Å². The number of rotatable bonds is 20. The second-order valence-corrected chi connectivity index (χ2v) is 8.42. The highest BCUT2D eigenvalue weighted by atomic mass is 16.6. The Labute approximate surface area is 172 Å². The summed E-state index contributed by atoms with van der Waals surface area (Å²) in [6, 6.07) is 0. The van der Waals surface area contributed by atoms with Crippen LogP contribution in [0.5, 0.6) is 0 Å². The van der Waals surface area contributed by atoms with Gasteiger partial charge in [0.15, 0.2) is 0 Å². The zero-order valence-electron chi connectivity index (χ0n) is 17.9. The molecule has 0 spiro atoms. The molecule has 0 aromatic rings. The van der Waals surface area contributed by atoms with Gasteiger partial charge in [-0.25, -0.2) is 0 Å². The van der Waals surface area contributed by atoms with E-state index in [1.54, 1.807) is 0 Å². The van der Waals surface area contributed by atoms with Crippen LogP contribution < -0.4 is 0 Å². The standard InChI is InChI=1S/C24H42O4/c25-24(28-21-23-20-27-23)18-16-14-12-10-8-6-4-2-1-3-5-7-9-11-13-15-17-22-19-26-22/h2,4,22-23H,1,3,5-21H2/b4-2-. The molecule has 4 heteroatoms. The molecule has 4 nitrogen and oxygen atoms in total. The predicted octanol–water partition coefficient (Wildman–Crippen LogP) is 6.13. The van der Waals surface area contributed by atoms with Gasteiger partial charge in [0, 0.05) is 6.42 Å². The molecule has 2 heterocycles. The molecule has 0 radical (unpaired) electrons. The highest BCUT2D eigenvalue weighted by Crippen LogP contribution is 2.18. The molecule has 2 fully saturated rings. The van der Waals surface area contributed by atoms with Crippen molar-refractivity contribution in [2.24, 2.45) is 0 Å². The Balaban J connectivity index is 1.20. The monoisotopic (exact) mass is 394 g/mol. The first-order valence-corrected chi connectivity index (χ1v) is 11.9. The fourth-order valence-electron chi connectivity index (χ4n) is 3.47. The first kappa shape index (κ1) is 23.4. The molecule has 2 unspecified atom stereocenters. The van der Waals surface area contributed by atoms with Crippen LogP contribution in [-0.2, 0) is 19.0 Å². The third-order valence-corrected chi connectivity index (χ3v) is 5.55. The number of carbonyl (C=O) groups is 1. The van der Waals surface area contributed by atoms with Gasteiger partial charge >= 0.3 is 5.97 Å². The van der Waals surface area contributed by atoms with E-state index in [4.69, 9.17) is 14.2 Å². The lowest BCUT2D eigenvalue weighted by Crippen LogP contribution is -2.09. The third kappa shape index (κ3) is 15.1. The van der Waals surface area contributed by atoms with Crippen LogP contribution in [0.25, 0.3) is 0 Å². The molecule has 2 aliphatic heterocycles. The van der Waals surface area contributed by atoms with E-state index in [-0.39, 0.29) is 12.1 Å². The molecule has 0 aromatic carbocycles. The van der Waals surface area contributed by atoms with E-state index in [0.29, 0.717) is 19.1 Å². The van der Waals surface area contributed by atoms with Crippen LogP contribution in [0.4, 0.5) is 0 Å². The van der Waals surface area contributed by atoms with Gasteiger partial charge in [0.1, 0.15) is 12.7 Å². The first-order chi connectivity index (χ1) is 13.8. The van der Waals surface area contributed by atoms with Crippen LogP contribution >= 0.6 is 0 Å². The average molecular weight is 395 g/mol. The lowest BCUT2D eigenvalue weighted by atomic mass is 10.1. The Morgan fingerprint density at radius 2 is 1.21 bits per heavy atom. The highest BCUT2D eigenvalue weighted by Gasteiger charge is 2.24. The Kier molecular flexibility index (Phi) is 13.4. The topological polar surface area (TPSA) is 51.4 Å². The number of unbranched alkanes of at least 4 members (excludes halogenated alkanes) is 12. The van der Waals surface area contributed by atoms with Gasteiger partial charge in [-0.2, -0.15) is 0 Å². The zero-order chi connectivity index (χ0) is 19.7. The van der Waals surface area contributed by atoms with Gasteiger partial charge in [-0.05, 0) is 38.5 Å². The summed E-state index contributed by atoms with van der Waals surface area (Å²) in [6.07, 6.45) is 25.3. The van der Waals surface area contributed by atoms with Gasteiger partial charge in [0.25, 0.3) is 0 Å². The Hall–Kier alpha value is -0.870. The molecule has 0 aliphatic carbocycles. The maximum absolute atomic E-state index is 11.5. The maximum Gasteiger partial charge on any atom is 0.305 e. The number of carbonyl (C=O) groups excluding carboxylic acids is 1. The quantitative estimate of drug-likeness (QED) is 0.108. The highest BCUT2D eigenvalue weighted by molar-refractivity contribution is 5.69. The van der Waals surface area contributed by atoms with E-state index in [2.05, 4.69) is 12.2 Å². The number of allylic oxidation sites excluding steroid dienone is 2. The van der Waals surface area contributed by atoms with Crippen molar-refractivity contribution in [2.75, 3.05) is 19.8 Å². The maximum atomic E-state index is 11.5. The van der Waals surface area contributed by atoms with Gasteiger partial charge in [-0.1, -0.05) is 69.9 Å². The summed E-state index contributed by atoms with van der Waals surface area (Å²) in [4.78, 5) is 11.5. The SMILES string of the molecule is O=C(CCCCCCC/C=C\CCCCCCCCCC1CO1)OCC1CO1. The van der Waals surface area contributed by atoms with Gasteiger partial charge in [0.05, 0.1) is 19.3 Å². The lowest BCUT2D eigenvalue weighted by molar-refractivity contribution is -0.144. The van der Waals surface area contributed by atoms with Gasteiger partial charge in [-0.15, -0.1) is 0 Å². The van der Waals surface area contributed by atoms with Crippen molar-refractivity contribution in [3.63, 3.8) is 0 Å². The average Bonchev–Trinajstić information content (AvgIpc) is 3.60. The van der Waals surface area contributed by atoms with Crippen molar-refractivity contribution in [3.05, 3.63) is 12.2 Å². The number of esters is 1. The molecule has 0 N–H and O–H groups in total. The molecule has 28 heavy (non-hydrogen) atoms. The molecule has 2 saturated heterocycles. The van der Waals surface area contributed by atoms with E-state index in [1.165, 1.54) is 83.5 Å². The van der Waals surface area contributed by atoms with Crippen molar-refractivity contribution in [1.82, 2.24) is 0 Å². The van der Waals surface area contributed by atoms with Crippen molar-refractivity contribution in [1.29, 1.82) is 0 Å². The van der Waals surface area contributed by atoms with Crippen LogP contribution in [0.3, 0.4) is 0 Å². The van der Waals surface area contributed by atoms with E-state index in [9.17, 15) is 4.79 Å². The van der Waals surface area contributed by atoms with Crippen molar-refractivity contribution in [3.8, 4) is 0 Å².